The normalized spacial score (nSPS) is 10.8. The quantitative estimate of drug-likeness (QED) is 0.486. The summed E-state index contributed by atoms with van der Waals surface area (Å²) in [5.41, 5.74) is 0.0134. The fourth-order valence-electron chi connectivity index (χ4n) is 1.28. The van der Waals surface area contributed by atoms with Crippen LogP contribution in [0.25, 0.3) is 0 Å². The lowest BCUT2D eigenvalue weighted by Crippen LogP contribution is -2.20. The van der Waals surface area contributed by atoms with Gasteiger partial charge in [0.25, 0.3) is 5.78 Å². The highest BCUT2D eigenvalue weighted by Gasteiger charge is 2.21. The molecule has 0 aliphatic rings. The zero-order valence-corrected chi connectivity index (χ0v) is 10.8. The second-order valence-corrected chi connectivity index (χ2v) is 5.22. The Morgan fingerprint density at radius 3 is 2.44 bits per heavy atom. The summed E-state index contributed by atoms with van der Waals surface area (Å²) in [5, 5.41) is 0. The first kappa shape index (κ1) is 14.2. The first-order valence-electron chi connectivity index (χ1n) is 5.13. The summed E-state index contributed by atoms with van der Waals surface area (Å²) in [4.78, 5) is 23.0. The number of hydrogen-bond donors (Lipinski definition) is 1. The summed E-state index contributed by atoms with van der Waals surface area (Å²) >= 11 is 0. The SMILES string of the molecule is CCOC(=O)C(=O)c1ccccc1NS(C)(=O)=O. The molecule has 18 heavy (non-hydrogen) atoms. The summed E-state index contributed by atoms with van der Waals surface area (Å²) < 4.78 is 29.0. The van der Waals surface area contributed by atoms with E-state index in [2.05, 4.69) is 9.46 Å². The Morgan fingerprint density at radius 1 is 1.28 bits per heavy atom. The van der Waals surface area contributed by atoms with Crippen molar-refractivity contribution in [2.75, 3.05) is 17.6 Å². The molecule has 0 spiro atoms. The van der Waals surface area contributed by atoms with E-state index in [-0.39, 0.29) is 17.9 Å². The van der Waals surface area contributed by atoms with Crippen LogP contribution in [0, 0.1) is 0 Å². The molecule has 0 amide bonds. The number of benzene rings is 1. The summed E-state index contributed by atoms with van der Waals surface area (Å²) in [7, 11) is -3.53. The van der Waals surface area contributed by atoms with E-state index in [1.807, 2.05) is 0 Å². The maximum absolute atomic E-state index is 11.7. The van der Waals surface area contributed by atoms with Crippen molar-refractivity contribution >= 4 is 27.5 Å². The van der Waals surface area contributed by atoms with E-state index in [0.29, 0.717) is 0 Å². The number of ketones is 1. The van der Waals surface area contributed by atoms with Gasteiger partial charge in [-0.15, -0.1) is 0 Å². The van der Waals surface area contributed by atoms with Gasteiger partial charge in [-0.1, -0.05) is 12.1 Å². The number of rotatable bonds is 5. The van der Waals surface area contributed by atoms with Crippen molar-refractivity contribution in [3.8, 4) is 0 Å². The summed E-state index contributed by atoms with van der Waals surface area (Å²) in [6.07, 6.45) is 0.957. The lowest BCUT2D eigenvalue weighted by molar-refractivity contribution is -0.137. The van der Waals surface area contributed by atoms with Crippen LogP contribution in [-0.2, 0) is 19.6 Å². The van der Waals surface area contributed by atoms with E-state index in [1.54, 1.807) is 13.0 Å². The molecule has 0 aliphatic carbocycles. The molecule has 1 aromatic rings. The predicted octanol–water partition coefficient (Wildman–Crippen LogP) is 0.804. The second-order valence-electron chi connectivity index (χ2n) is 3.47. The van der Waals surface area contributed by atoms with E-state index in [9.17, 15) is 18.0 Å². The highest BCUT2D eigenvalue weighted by Crippen LogP contribution is 2.17. The van der Waals surface area contributed by atoms with Gasteiger partial charge in [0.15, 0.2) is 0 Å². The zero-order chi connectivity index (χ0) is 13.8. The van der Waals surface area contributed by atoms with Crippen molar-refractivity contribution in [2.45, 2.75) is 6.92 Å². The molecule has 1 N–H and O–H groups in total. The Bertz CT molecular complexity index is 565. The van der Waals surface area contributed by atoms with Gasteiger partial charge < -0.3 is 4.74 Å². The van der Waals surface area contributed by atoms with E-state index in [4.69, 9.17) is 0 Å². The monoisotopic (exact) mass is 271 g/mol. The Balaban J connectivity index is 3.09. The highest BCUT2D eigenvalue weighted by atomic mass is 32.2. The molecule has 0 unspecified atom stereocenters. The van der Waals surface area contributed by atoms with Gasteiger partial charge in [0.1, 0.15) is 0 Å². The Hall–Kier alpha value is -1.89. The average molecular weight is 271 g/mol. The standard InChI is InChI=1S/C11H13NO5S/c1-3-17-11(14)10(13)8-6-4-5-7-9(8)12-18(2,15)16/h4-7,12H,3H2,1-2H3. The average Bonchev–Trinajstić information content (AvgIpc) is 2.27. The number of carbonyl (C=O) groups is 2. The van der Waals surface area contributed by atoms with Crippen molar-refractivity contribution in [1.29, 1.82) is 0 Å². The van der Waals surface area contributed by atoms with Gasteiger partial charge in [0.05, 0.1) is 24.1 Å². The van der Waals surface area contributed by atoms with E-state index < -0.39 is 21.8 Å². The third-order valence-corrected chi connectivity index (χ3v) is 2.52. The van der Waals surface area contributed by atoms with Gasteiger partial charge in [-0.05, 0) is 19.1 Å². The number of nitrogens with one attached hydrogen (secondary N) is 1. The molecule has 0 radical (unpaired) electrons. The van der Waals surface area contributed by atoms with Crippen LogP contribution < -0.4 is 4.72 Å². The molecule has 0 fully saturated rings. The number of anilines is 1. The molecule has 1 rings (SSSR count). The van der Waals surface area contributed by atoms with Crippen LogP contribution in [0.5, 0.6) is 0 Å². The van der Waals surface area contributed by atoms with Gasteiger partial charge in [0, 0.05) is 0 Å². The van der Waals surface area contributed by atoms with Crippen LogP contribution in [-0.4, -0.2) is 33.0 Å². The molecule has 0 heterocycles. The van der Waals surface area contributed by atoms with Gasteiger partial charge in [-0.3, -0.25) is 9.52 Å². The highest BCUT2D eigenvalue weighted by molar-refractivity contribution is 7.92. The fraction of sp³-hybridized carbons (Fsp3) is 0.273. The number of Topliss-reactive ketones (excluding diaryl/α,β-unsaturated/α-hetero) is 1. The number of carbonyl (C=O) groups excluding carboxylic acids is 2. The molecule has 0 saturated carbocycles. The first-order chi connectivity index (χ1) is 8.35. The number of ether oxygens (including phenoxy) is 1. The van der Waals surface area contributed by atoms with Crippen LogP contribution in [0.3, 0.4) is 0 Å². The lowest BCUT2D eigenvalue weighted by Gasteiger charge is -2.08. The molecular weight excluding hydrogens is 258 g/mol. The van der Waals surface area contributed by atoms with E-state index in [0.717, 1.165) is 6.26 Å². The second kappa shape index (κ2) is 5.63. The molecule has 0 atom stereocenters. The first-order valence-corrected chi connectivity index (χ1v) is 7.02. The summed E-state index contributed by atoms with van der Waals surface area (Å²) in [5.74, 6) is -1.90. The smallest absolute Gasteiger partial charge is 0.379 e. The molecule has 98 valence electrons. The van der Waals surface area contributed by atoms with Gasteiger partial charge in [-0.25, -0.2) is 13.2 Å². The van der Waals surface area contributed by atoms with Crippen molar-refractivity contribution in [2.24, 2.45) is 0 Å². The Kier molecular flexibility index (Phi) is 4.43. The Morgan fingerprint density at radius 2 is 1.89 bits per heavy atom. The largest absolute Gasteiger partial charge is 0.460 e. The number of esters is 1. The van der Waals surface area contributed by atoms with Gasteiger partial charge in [0.2, 0.25) is 10.0 Å². The minimum absolute atomic E-state index is 0.0404. The number of sulfonamides is 1. The molecule has 1 aromatic carbocycles. The topological polar surface area (TPSA) is 89.5 Å². The maximum atomic E-state index is 11.7. The van der Waals surface area contributed by atoms with Crippen LogP contribution in [0.4, 0.5) is 5.69 Å². The van der Waals surface area contributed by atoms with Crippen LogP contribution in [0.2, 0.25) is 0 Å². The molecule has 0 aromatic heterocycles. The molecule has 0 aliphatic heterocycles. The molecular formula is C11H13NO5S. The van der Waals surface area contributed by atoms with E-state index in [1.165, 1.54) is 18.2 Å². The molecule has 6 nitrogen and oxygen atoms in total. The van der Waals surface area contributed by atoms with Crippen molar-refractivity contribution in [1.82, 2.24) is 0 Å². The lowest BCUT2D eigenvalue weighted by atomic mass is 10.1. The van der Waals surface area contributed by atoms with E-state index >= 15 is 0 Å². The predicted molar refractivity (Wildman–Crippen MR) is 65.9 cm³/mol. The number of para-hydroxylation sites is 1. The van der Waals surface area contributed by atoms with Gasteiger partial charge in [-0.2, -0.15) is 0 Å². The van der Waals surface area contributed by atoms with Crippen molar-refractivity contribution in [3.63, 3.8) is 0 Å². The Labute approximate surface area is 105 Å². The minimum Gasteiger partial charge on any atom is -0.460 e. The molecule has 0 bridgehead atoms. The van der Waals surface area contributed by atoms with Crippen molar-refractivity contribution < 1.29 is 22.7 Å². The van der Waals surface area contributed by atoms with Crippen LogP contribution in [0.15, 0.2) is 24.3 Å². The van der Waals surface area contributed by atoms with Crippen LogP contribution >= 0.6 is 0 Å². The number of hydrogen-bond acceptors (Lipinski definition) is 5. The third kappa shape index (κ3) is 3.85. The zero-order valence-electron chi connectivity index (χ0n) is 9.97. The summed E-state index contributed by atoms with van der Waals surface area (Å²) in [6, 6.07) is 5.83. The minimum atomic E-state index is -3.53. The molecule has 7 heteroatoms. The van der Waals surface area contributed by atoms with Crippen molar-refractivity contribution in [3.05, 3.63) is 29.8 Å². The van der Waals surface area contributed by atoms with Crippen LogP contribution in [0.1, 0.15) is 17.3 Å². The van der Waals surface area contributed by atoms with Gasteiger partial charge >= 0.3 is 5.97 Å². The summed E-state index contributed by atoms with van der Waals surface area (Å²) in [6.45, 7) is 1.65. The maximum Gasteiger partial charge on any atom is 0.379 e. The third-order valence-electron chi connectivity index (χ3n) is 1.93. The molecule has 0 saturated heterocycles. The fourth-order valence-corrected chi connectivity index (χ4v) is 1.85.